The van der Waals surface area contributed by atoms with Gasteiger partial charge in [0.15, 0.2) is 0 Å². The first-order valence-corrected chi connectivity index (χ1v) is 5.77. The lowest BCUT2D eigenvalue weighted by atomic mass is 9.83. The summed E-state index contributed by atoms with van der Waals surface area (Å²) in [6.45, 7) is 2.17. The average molecular weight is 196 g/mol. The summed E-state index contributed by atoms with van der Waals surface area (Å²) in [4.78, 5) is 11.5. The Labute approximate surface area is 85.6 Å². The molecule has 2 rings (SSSR count). The van der Waals surface area contributed by atoms with Gasteiger partial charge in [-0.1, -0.05) is 19.3 Å². The van der Waals surface area contributed by atoms with Crippen LogP contribution in [0.3, 0.4) is 0 Å². The highest BCUT2D eigenvalue weighted by atomic mass is 16.2. The Bertz CT molecular complexity index is 217. The highest BCUT2D eigenvalue weighted by Gasteiger charge is 2.30. The van der Waals surface area contributed by atoms with E-state index in [9.17, 15) is 4.79 Å². The quantitative estimate of drug-likeness (QED) is 0.698. The second kappa shape index (κ2) is 3.79. The number of hydrogen-bond donors (Lipinski definition) is 2. The molecule has 0 aromatic carbocycles. The third-order valence-corrected chi connectivity index (χ3v) is 3.28. The molecular formula is C11H20N2O. The molecule has 3 nitrogen and oxygen atoms in total. The van der Waals surface area contributed by atoms with Crippen molar-refractivity contribution >= 4 is 6.03 Å². The van der Waals surface area contributed by atoms with Crippen LogP contribution in [0, 0.1) is 0 Å². The number of carbonyl (C=O) groups is 1. The van der Waals surface area contributed by atoms with Crippen LogP contribution in [0.5, 0.6) is 0 Å². The standard InChI is InChI=1S/C11H20N2O/c1-11(7-3-2-4-8-11)13-10(14)12-9-5-6-9/h9H,2-8H2,1H3,(H2,12,13,14). The molecule has 2 aliphatic carbocycles. The molecule has 2 amide bonds. The number of hydrogen-bond acceptors (Lipinski definition) is 1. The van der Waals surface area contributed by atoms with E-state index in [1.54, 1.807) is 0 Å². The zero-order valence-electron chi connectivity index (χ0n) is 8.94. The summed E-state index contributed by atoms with van der Waals surface area (Å²) in [5.74, 6) is 0. The number of urea groups is 1. The van der Waals surface area contributed by atoms with Gasteiger partial charge in [-0.15, -0.1) is 0 Å². The molecule has 0 aromatic heterocycles. The van der Waals surface area contributed by atoms with Gasteiger partial charge in [-0.2, -0.15) is 0 Å². The molecule has 2 fully saturated rings. The maximum Gasteiger partial charge on any atom is 0.315 e. The van der Waals surface area contributed by atoms with Crippen molar-refractivity contribution in [3.63, 3.8) is 0 Å². The van der Waals surface area contributed by atoms with E-state index in [0.717, 1.165) is 25.7 Å². The number of nitrogens with one attached hydrogen (secondary N) is 2. The van der Waals surface area contributed by atoms with Crippen LogP contribution >= 0.6 is 0 Å². The van der Waals surface area contributed by atoms with Gasteiger partial charge in [0.05, 0.1) is 0 Å². The largest absolute Gasteiger partial charge is 0.335 e. The van der Waals surface area contributed by atoms with Crippen molar-refractivity contribution in [2.45, 2.75) is 63.5 Å². The molecule has 0 aromatic rings. The third kappa shape index (κ3) is 2.63. The lowest BCUT2D eigenvalue weighted by Gasteiger charge is -2.34. The van der Waals surface area contributed by atoms with Gasteiger partial charge < -0.3 is 10.6 Å². The Morgan fingerprint density at radius 1 is 1.21 bits per heavy atom. The third-order valence-electron chi connectivity index (χ3n) is 3.28. The molecule has 0 unspecified atom stereocenters. The van der Waals surface area contributed by atoms with Gasteiger partial charge >= 0.3 is 6.03 Å². The predicted octanol–water partition coefficient (Wildman–Crippen LogP) is 2.17. The van der Waals surface area contributed by atoms with Gasteiger partial charge in [0.2, 0.25) is 0 Å². The Morgan fingerprint density at radius 2 is 1.86 bits per heavy atom. The Morgan fingerprint density at radius 3 is 2.43 bits per heavy atom. The minimum absolute atomic E-state index is 0.0388. The highest BCUT2D eigenvalue weighted by Crippen LogP contribution is 2.27. The first-order valence-electron chi connectivity index (χ1n) is 5.77. The number of rotatable bonds is 2. The molecule has 2 N–H and O–H groups in total. The smallest absolute Gasteiger partial charge is 0.315 e. The monoisotopic (exact) mass is 196 g/mol. The van der Waals surface area contributed by atoms with E-state index in [0.29, 0.717) is 6.04 Å². The average Bonchev–Trinajstić information content (AvgIpc) is 2.88. The minimum atomic E-state index is 0.0388. The van der Waals surface area contributed by atoms with E-state index in [4.69, 9.17) is 0 Å². The van der Waals surface area contributed by atoms with Crippen molar-refractivity contribution in [1.82, 2.24) is 10.6 Å². The van der Waals surface area contributed by atoms with Gasteiger partial charge in [-0.3, -0.25) is 0 Å². The van der Waals surface area contributed by atoms with Gasteiger partial charge in [-0.05, 0) is 32.6 Å². The molecular weight excluding hydrogens is 176 g/mol. The summed E-state index contributed by atoms with van der Waals surface area (Å²) in [7, 11) is 0. The fraction of sp³-hybridized carbons (Fsp3) is 0.909. The van der Waals surface area contributed by atoms with Crippen LogP contribution in [0.1, 0.15) is 51.9 Å². The molecule has 80 valence electrons. The Hall–Kier alpha value is -0.730. The fourth-order valence-corrected chi connectivity index (χ4v) is 2.18. The van der Waals surface area contributed by atoms with Crippen LogP contribution in [-0.2, 0) is 0 Å². The van der Waals surface area contributed by atoms with Crippen molar-refractivity contribution in [3.8, 4) is 0 Å². The molecule has 0 heterocycles. The number of amides is 2. The SMILES string of the molecule is CC1(NC(=O)NC2CC2)CCCCC1. The van der Waals surface area contributed by atoms with Gasteiger partial charge in [0.25, 0.3) is 0 Å². The van der Waals surface area contributed by atoms with Gasteiger partial charge in [-0.25, -0.2) is 4.79 Å². The topological polar surface area (TPSA) is 41.1 Å². The molecule has 2 saturated carbocycles. The summed E-state index contributed by atoms with van der Waals surface area (Å²) in [5, 5.41) is 6.09. The van der Waals surface area contributed by atoms with Crippen LogP contribution in [0.15, 0.2) is 0 Å². The van der Waals surface area contributed by atoms with E-state index < -0.39 is 0 Å². The first-order chi connectivity index (χ1) is 6.68. The molecule has 2 aliphatic rings. The van der Waals surface area contributed by atoms with E-state index in [1.807, 2.05) is 0 Å². The summed E-state index contributed by atoms with van der Waals surface area (Å²) >= 11 is 0. The van der Waals surface area contributed by atoms with Crippen LogP contribution in [-0.4, -0.2) is 17.6 Å². The van der Waals surface area contributed by atoms with E-state index in [2.05, 4.69) is 17.6 Å². The van der Waals surface area contributed by atoms with E-state index in [-0.39, 0.29) is 11.6 Å². The first kappa shape index (κ1) is 9.81. The van der Waals surface area contributed by atoms with Crippen LogP contribution in [0.2, 0.25) is 0 Å². The van der Waals surface area contributed by atoms with Gasteiger partial charge in [0.1, 0.15) is 0 Å². The second-order valence-corrected chi connectivity index (χ2v) is 4.99. The lowest BCUT2D eigenvalue weighted by Crippen LogP contribution is -2.51. The maximum atomic E-state index is 11.5. The zero-order valence-corrected chi connectivity index (χ0v) is 8.94. The fourth-order valence-electron chi connectivity index (χ4n) is 2.18. The van der Waals surface area contributed by atoms with Crippen LogP contribution in [0.4, 0.5) is 4.79 Å². The van der Waals surface area contributed by atoms with Crippen molar-refractivity contribution in [1.29, 1.82) is 0 Å². The second-order valence-electron chi connectivity index (χ2n) is 4.99. The molecule has 0 bridgehead atoms. The van der Waals surface area contributed by atoms with Crippen LogP contribution < -0.4 is 10.6 Å². The van der Waals surface area contributed by atoms with Crippen molar-refractivity contribution in [2.24, 2.45) is 0 Å². The molecule has 0 atom stereocenters. The summed E-state index contributed by atoms with van der Waals surface area (Å²) in [5.41, 5.74) is 0.0528. The van der Waals surface area contributed by atoms with E-state index in [1.165, 1.54) is 19.3 Å². The lowest BCUT2D eigenvalue weighted by molar-refractivity contribution is 0.210. The zero-order chi connectivity index (χ0) is 10.0. The summed E-state index contributed by atoms with van der Waals surface area (Å²) < 4.78 is 0. The predicted molar refractivity (Wildman–Crippen MR) is 56.2 cm³/mol. The molecule has 0 radical (unpaired) electrons. The number of carbonyl (C=O) groups excluding carboxylic acids is 1. The molecule has 14 heavy (non-hydrogen) atoms. The van der Waals surface area contributed by atoms with E-state index >= 15 is 0 Å². The Balaban J connectivity index is 1.78. The van der Waals surface area contributed by atoms with Crippen molar-refractivity contribution in [2.75, 3.05) is 0 Å². The summed E-state index contributed by atoms with van der Waals surface area (Å²) in [6, 6.07) is 0.499. The molecule has 0 saturated heterocycles. The molecule has 3 heteroatoms. The maximum absolute atomic E-state index is 11.5. The normalized spacial score (nSPS) is 25.5. The Kier molecular flexibility index (Phi) is 2.66. The van der Waals surface area contributed by atoms with Crippen LogP contribution in [0.25, 0.3) is 0 Å². The molecule has 0 spiro atoms. The van der Waals surface area contributed by atoms with Crippen molar-refractivity contribution < 1.29 is 4.79 Å². The minimum Gasteiger partial charge on any atom is -0.335 e. The summed E-state index contributed by atoms with van der Waals surface area (Å²) in [6.07, 6.45) is 8.40. The van der Waals surface area contributed by atoms with Gasteiger partial charge in [0, 0.05) is 11.6 Å². The highest BCUT2D eigenvalue weighted by molar-refractivity contribution is 5.75. The molecule has 0 aliphatic heterocycles. The van der Waals surface area contributed by atoms with Crippen molar-refractivity contribution in [3.05, 3.63) is 0 Å².